The van der Waals surface area contributed by atoms with Crippen LogP contribution in [-0.2, 0) is 9.53 Å². The predicted octanol–water partition coefficient (Wildman–Crippen LogP) is 3.31. The molecule has 124 valence electrons. The standard InChI is InChI=1S/C16H16ClF2NO3/c1-3-23-16(22)11(7-20-9-4-5-9)15(21)10-6-12(18)14(19)8(2)13(10)17/h6-7,9,20H,3-5H2,1-2H3. The molecule has 0 unspecified atom stereocenters. The first-order valence-electron chi connectivity index (χ1n) is 7.18. The van der Waals surface area contributed by atoms with E-state index >= 15 is 0 Å². The first-order valence-corrected chi connectivity index (χ1v) is 7.56. The number of nitrogens with one attached hydrogen (secondary N) is 1. The second-order valence-corrected chi connectivity index (χ2v) is 5.59. The summed E-state index contributed by atoms with van der Waals surface area (Å²) in [5, 5.41) is 2.69. The summed E-state index contributed by atoms with van der Waals surface area (Å²) < 4.78 is 31.9. The summed E-state index contributed by atoms with van der Waals surface area (Å²) in [5.41, 5.74) is -0.764. The number of hydrogen-bond donors (Lipinski definition) is 1. The number of ketones is 1. The van der Waals surface area contributed by atoms with Gasteiger partial charge in [-0.25, -0.2) is 13.6 Å². The van der Waals surface area contributed by atoms with Crippen molar-refractivity contribution in [3.8, 4) is 0 Å². The highest BCUT2D eigenvalue weighted by Gasteiger charge is 2.27. The second kappa shape index (κ2) is 7.08. The molecule has 4 nitrogen and oxygen atoms in total. The van der Waals surface area contributed by atoms with Gasteiger partial charge in [-0.15, -0.1) is 0 Å². The molecule has 1 aliphatic carbocycles. The summed E-state index contributed by atoms with van der Waals surface area (Å²) in [6, 6.07) is 0.895. The Morgan fingerprint density at radius 2 is 2.09 bits per heavy atom. The van der Waals surface area contributed by atoms with Gasteiger partial charge >= 0.3 is 5.97 Å². The summed E-state index contributed by atoms with van der Waals surface area (Å²) >= 11 is 5.94. The SMILES string of the molecule is CCOC(=O)C(=CNC1CC1)C(=O)c1cc(F)c(F)c(C)c1Cl. The van der Waals surface area contributed by atoms with Gasteiger partial charge in [-0.1, -0.05) is 11.6 Å². The number of ether oxygens (including phenoxy) is 1. The molecule has 0 bridgehead atoms. The monoisotopic (exact) mass is 343 g/mol. The first-order chi connectivity index (χ1) is 10.9. The van der Waals surface area contributed by atoms with Crippen molar-refractivity contribution in [3.63, 3.8) is 0 Å². The van der Waals surface area contributed by atoms with Crippen LogP contribution in [0.15, 0.2) is 17.8 Å². The van der Waals surface area contributed by atoms with Crippen molar-refractivity contribution < 1.29 is 23.1 Å². The number of benzene rings is 1. The van der Waals surface area contributed by atoms with Crippen molar-refractivity contribution in [2.75, 3.05) is 6.61 Å². The van der Waals surface area contributed by atoms with Gasteiger partial charge in [-0.05, 0) is 32.8 Å². The number of carbonyl (C=O) groups is 2. The molecular weight excluding hydrogens is 328 g/mol. The minimum Gasteiger partial charge on any atom is -0.462 e. The average molecular weight is 344 g/mol. The van der Waals surface area contributed by atoms with Gasteiger partial charge in [0.1, 0.15) is 5.57 Å². The zero-order valence-corrected chi connectivity index (χ0v) is 13.5. The minimum atomic E-state index is -1.20. The van der Waals surface area contributed by atoms with Gasteiger partial charge in [0.05, 0.1) is 11.6 Å². The van der Waals surface area contributed by atoms with Crippen molar-refractivity contribution >= 4 is 23.4 Å². The van der Waals surface area contributed by atoms with Crippen molar-refractivity contribution in [2.45, 2.75) is 32.7 Å². The van der Waals surface area contributed by atoms with Gasteiger partial charge in [0.15, 0.2) is 11.6 Å². The summed E-state index contributed by atoms with van der Waals surface area (Å²) in [7, 11) is 0. The van der Waals surface area contributed by atoms with Gasteiger partial charge in [-0.3, -0.25) is 4.79 Å². The molecule has 0 saturated heterocycles. The maximum Gasteiger partial charge on any atom is 0.343 e. The molecule has 0 heterocycles. The molecule has 0 spiro atoms. The van der Waals surface area contributed by atoms with Crippen LogP contribution in [0.25, 0.3) is 0 Å². The van der Waals surface area contributed by atoms with Crippen LogP contribution >= 0.6 is 11.6 Å². The Labute approximate surface area is 137 Å². The molecule has 0 atom stereocenters. The van der Waals surface area contributed by atoms with Gasteiger partial charge in [0.2, 0.25) is 5.78 Å². The van der Waals surface area contributed by atoms with E-state index in [9.17, 15) is 18.4 Å². The Morgan fingerprint density at radius 3 is 2.65 bits per heavy atom. The lowest BCUT2D eigenvalue weighted by molar-refractivity contribution is -0.138. The van der Waals surface area contributed by atoms with Gasteiger partial charge in [0, 0.05) is 23.4 Å². The number of carbonyl (C=O) groups excluding carboxylic acids is 2. The van der Waals surface area contributed by atoms with Crippen LogP contribution in [0.1, 0.15) is 35.7 Å². The molecule has 1 fully saturated rings. The molecule has 1 aromatic rings. The lowest BCUT2D eigenvalue weighted by Gasteiger charge is -2.11. The van der Waals surface area contributed by atoms with Crippen molar-refractivity contribution in [3.05, 3.63) is 45.6 Å². The van der Waals surface area contributed by atoms with E-state index in [0.717, 1.165) is 12.8 Å². The van der Waals surface area contributed by atoms with Crippen molar-refractivity contribution in [1.82, 2.24) is 5.32 Å². The zero-order chi connectivity index (χ0) is 17.1. The predicted molar refractivity (Wildman–Crippen MR) is 81.3 cm³/mol. The molecule has 1 N–H and O–H groups in total. The normalized spacial score (nSPS) is 14.6. The largest absolute Gasteiger partial charge is 0.462 e. The highest BCUT2D eigenvalue weighted by molar-refractivity contribution is 6.37. The van der Waals surface area contributed by atoms with Crippen LogP contribution in [0.2, 0.25) is 5.02 Å². The van der Waals surface area contributed by atoms with Crippen LogP contribution in [0.3, 0.4) is 0 Å². The highest BCUT2D eigenvalue weighted by atomic mass is 35.5. The maximum absolute atomic E-state index is 13.6. The van der Waals surface area contributed by atoms with Crippen LogP contribution in [-0.4, -0.2) is 24.4 Å². The Morgan fingerprint density at radius 1 is 1.43 bits per heavy atom. The molecule has 1 saturated carbocycles. The molecule has 0 aromatic heterocycles. The zero-order valence-electron chi connectivity index (χ0n) is 12.7. The smallest absolute Gasteiger partial charge is 0.343 e. The molecule has 0 radical (unpaired) electrons. The fourth-order valence-electron chi connectivity index (χ4n) is 1.92. The lowest BCUT2D eigenvalue weighted by atomic mass is 10.0. The molecule has 0 aliphatic heterocycles. The van der Waals surface area contributed by atoms with E-state index in [1.807, 2.05) is 0 Å². The third kappa shape index (κ3) is 3.88. The Bertz CT molecular complexity index is 684. The molecule has 1 aliphatic rings. The number of hydrogen-bond acceptors (Lipinski definition) is 4. The minimum absolute atomic E-state index is 0.0808. The molecule has 1 aromatic carbocycles. The Balaban J connectivity index is 2.40. The van der Waals surface area contributed by atoms with E-state index in [1.165, 1.54) is 13.1 Å². The van der Waals surface area contributed by atoms with Gasteiger partial charge < -0.3 is 10.1 Å². The van der Waals surface area contributed by atoms with Crippen molar-refractivity contribution in [2.24, 2.45) is 0 Å². The third-order valence-corrected chi connectivity index (χ3v) is 3.89. The van der Waals surface area contributed by atoms with Crippen molar-refractivity contribution in [1.29, 1.82) is 0 Å². The Kier molecular flexibility index (Phi) is 5.36. The topological polar surface area (TPSA) is 55.4 Å². The van der Waals surface area contributed by atoms with Gasteiger partial charge in [-0.2, -0.15) is 0 Å². The van der Waals surface area contributed by atoms with E-state index in [0.29, 0.717) is 6.07 Å². The summed E-state index contributed by atoms with van der Waals surface area (Å²) in [6.07, 6.45) is 3.13. The molecule has 23 heavy (non-hydrogen) atoms. The van der Waals surface area contributed by atoms with Crippen LogP contribution < -0.4 is 5.32 Å². The van der Waals surface area contributed by atoms with E-state index in [-0.39, 0.29) is 34.4 Å². The van der Waals surface area contributed by atoms with E-state index in [4.69, 9.17) is 16.3 Å². The Hall–Kier alpha value is -1.95. The number of rotatable bonds is 6. The molecular formula is C16H16ClF2NO3. The number of esters is 1. The van der Waals surface area contributed by atoms with Crippen LogP contribution in [0, 0.1) is 18.6 Å². The average Bonchev–Trinajstić information content (AvgIpc) is 3.33. The second-order valence-electron chi connectivity index (χ2n) is 5.21. The number of Topliss-reactive ketones (excluding diaryl/α,β-unsaturated/α-hetero) is 1. The molecule has 0 amide bonds. The summed E-state index contributed by atoms with van der Waals surface area (Å²) in [6.45, 7) is 2.94. The molecule has 7 heteroatoms. The van der Waals surface area contributed by atoms with E-state index in [1.54, 1.807) is 6.92 Å². The number of halogens is 3. The van der Waals surface area contributed by atoms with Crippen LogP contribution in [0.5, 0.6) is 0 Å². The summed E-state index contributed by atoms with van der Waals surface area (Å²) in [5.74, 6) is -3.98. The fraction of sp³-hybridized carbons (Fsp3) is 0.375. The maximum atomic E-state index is 13.6. The lowest BCUT2D eigenvalue weighted by Crippen LogP contribution is -2.21. The molecule has 2 rings (SSSR count). The van der Waals surface area contributed by atoms with E-state index < -0.39 is 23.4 Å². The van der Waals surface area contributed by atoms with E-state index in [2.05, 4.69) is 5.32 Å². The fourth-order valence-corrected chi connectivity index (χ4v) is 2.14. The van der Waals surface area contributed by atoms with Crippen LogP contribution in [0.4, 0.5) is 8.78 Å². The van der Waals surface area contributed by atoms with Gasteiger partial charge in [0.25, 0.3) is 0 Å². The first kappa shape index (κ1) is 17.4. The summed E-state index contributed by atoms with van der Waals surface area (Å²) in [4.78, 5) is 24.5. The third-order valence-electron chi connectivity index (χ3n) is 3.40. The quantitative estimate of drug-likeness (QED) is 0.215. The highest BCUT2D eigenvalue weighted by Crippen LogP contribution is 2.28.